The van der Waals surface area contributed by atoms with Gasteiger partial charge in [0.2, 0.25) is 0 Å². The summed E-state index contributed by atoms with van der Waals surface area (Å²) >= 11 is 1.89. The van der Waals surface area contributed by atoms with Gasteiger partial charge >= 0.3 is 0 Å². The smallest absolute Gasteiger partial charge is 0.104 e. The molecule has 0 radical (unpaired) electrons. The molecule has 3 heteroatoms. The van der Waals surface area contributed by atoms with E-state index in [9.17, 15) is 5.11 Å². The van der Waals surface area contributed by atoms with Gasteiger partial charge in [-0.2, -0.15) is 11.8 Å². The minimum absolute atomic E-state index is 0.634. The van der Waals surface area contributed by atoms with Gasteiger partial charge in [-0.05, 0) is 49.4 Å². The minimum atomic E-state index is -0.634. The highest BCUT2D eigenvalue weighted by atomic mass is 32.2. The summed E-state index contributed by atoms with van der Waals surface area (Å²) in [5.41, 5.74) is 1.67. The number of nitrogens with zero attached hydrogens (tertiary/aromatic N) is 1. The molecule has 1 N–H and O–H groups in total. The predicted molar refractivity (Wildman–Crippen MR) is 79.1 cm³/mol. The minimum Gasteiger partial charge on any atom is -0.384 e. The summed E-state index contributed by atoms with van der Waals surface area (Å²) in [5, 5.41) is 10.8. The highest BCUT2D eigenvalue weighted by Crippen LogP contribution is 2.33. The van der Waals surface area contributed by atoms with Crippen molar-refractivity contribution in [3.8, 4) is 0 Å². The van der Waals surface area contributed by atoms with Gasteiger partial charge in [0.25, 0.3) is 0 Å². The van der Waals surface area contributed by atoms with E-state index in [0.29, 0.717) is 0 Å². The lowest BCUT2D eigenvalue weighted by Crippen LogP contribution is -2.32. The van der Waals surface area contributed by atoms with Crippen LogP contribution in [0.2, 0.25) is 0 Å². The Bertz CT molecular complexity index is 396. The van der Waals surface area contributed by atoms with Crippen LogP contribution >= 0.6 is 11.8 Å². The van der Waals surface area contributed by atoms with Crippen LogP contribution < -0.4 is 0 Å². The van der Waals surface area contributed by atoms with Gasteiger partial charge in [0.1, 0.15) is 5.60 Å². The molecule has 1 heterocycles. The lowest BCUT2D eigenvalue weighted by Gasteiger charge is -2.25. The molecule has 0 spiro atoms. The molecule has 2 nitrogen and oxygen atoms in total. The molecular formula is C15H23NOS. The molecule has 0 amide bonds. The predicted octanol–water partition coefficient (Wildman–Crippen LogP) is 2.64. The van der Waals surface area contributed by atoms with Gasteiger partial charge in [-0.25, -0.2) is 0 Å². The Morgan fingerprint density at radius 2 is 2.17 bits per heavy atom. The van der Waals surface area contributed by atoms with Gasteiger partial charge in [-0.15, -0.1) is 0 Å². The molecule has 1 atom stereocenters. The van der Waals surface area contributed by atoms with Crippen LogP contribution in [0.5, 0.6) is 0 Å². The molecule has 1 saturated heterocycles. The first-order valence-corrected chi connectivity index (χ1v) is 8.05. The molecular weight excluding hydrogens is 242 g/mol. The Balaban J connectivity index is 2.00. The van der Waals surface area contributed by atoms with Gasteiger partial charge in [-0.1, -0.05) is 24.3 Å². The third-order valence-corrected chi connectivity index (χ3v) is 4.49. The first-order chi connectivity index (χ1) is 8.65. The zero-order valence-corrected chi connectivity index (χ0v) is 12.2. The van der Waals surface area contributed by atoms with Crippen LogP contribution in [0.15, 0.2) is 24.3 Å². The van der Waals surface area contributed by atoms with E-state index in [2.05, 4.69) is 30.2 Å². The third-order valence-electron chi connectivity index (χ3n) is 3.80. The molecule has 18 heavy (non-hydrogen) atoms. The Labute approximate surface area is 114 Å². The van der Waals surface area contributed by atoms with Gasteiger partial charge in [0.15, 0.2) is 0 Å². The molecule has 1 aromatic carbocycles. The van der Waals surface area contributed by atoms with E-state index in [0.717, 1.165) is 31.6 Å². The second kappa shape index (κ2) is 6.09. The second-order valence-electron chi connectivity index (χ2n) is 5.22. The van der Waals surface area contributed by atoms with E-state index >= 15 is 0 Å². The van der Waals surface area contributed by atoms with Crippen molar-refractivity contribution in [2.45, 2.75) is 25.4 Å². The van der Waals surface area contributed by atoms with Crippen molar-refractivity contribution in [3.63, 3.8) is 0 Å². The van der Waals surface area contributed by atoms with E-state index in [4.69, 9.17) is 0 Å². The normalized spacial score (nSPS) is 24.6. The Kier molecular flexibility index (Phi) is 4.71. The molecule has 0 saturated carbocycles. The average molecular weight is 265 g/mol. The topological polar surface area (TPSA) is 23.5 Å². The summed E-state index contributed by atoms with van der Waals surface area (Å²) in [7, 11) is 0. The highest BCUT2D eigenvalue weighted by molar-refractivity contribution is 7.98. The number of benzene rings is 1. The lowest BCUT2D eigenvalue weighted by molar-refractivity contribution is 0.0456. The summed E-state index contributed by atoms with van der Waals surface area (Å²) in [6, 6.07) is 8.22. The van der Waals surface area contributed by atoms with E-state index in [-0.39, 0.29) is 0 Å². The number of likely N-dealkylation sites (tertiary alicyclic amines) is 1. The van der Waals surface area contributed by atoms with Crippen LogP contribution in [-0.4, -0.2) is 41.6 Å². The Morgan fingerprint density at radius 1 is 1.39 bits per heavy atom. The van der Waals surface area contributed by atoms with Crippen LogP contribution in [0.4, 0.5) is 0 Å². The summed E-state index contributed by atoms with van der Waals surface area (Å²) in [6.45, 7) is 4.99. The lowest BCUT2D eigenvalue weighted by atomic mass is 9.89. The van der Waals surface area contributed by atoms with Gasteiger partial charge in [0.05, 0.1) is 0 Å². The summed E-state index contributed by atoms with van der Waals surface area (Å²) in [5.74, 6) is 1.21. The number of aryl methyl sites for hydroxylation is 1. The van der Waals surface area contributed by atoms with Gasteiger partial charge in [0, 0.05) is 13.1 Å². The van der Waals surface area contributed by atoms with Crippen molar-refractivity contribution < 1.29 is 5.11 Å². The fraction of sp³-hybridized carbons (Fsp3) is 0.600. The van der Waals surface area contributed by atoms with Crippen molar-refractivity contribution >= 4 is 11.8 Å². The maximum absolute atomic E-state index is 10.8. The Hall–Kier alpha value is -0.510. The maximum Gasteiger partial charge on any atom is 0.104 e. The zero-order chi connectivity index (χ0) is 13.0. The molecule has 0 bridgehead atoms. The van der Waals surface area contributed by atoms with E-state index in [1.54, 1.807) is 0 Å². The molecule has 1 aliphatic rings. The fourth-order valence-corrected chi connectivity index (χ4v) is 3.23. The van der Waals surface area contributed by atoms with E-state index in [1.165, 1.54) is 17.7 Å². The number of β-amino-alcohol motifs (C(OH)–C–C–N with tert-alkyl or cyclic N) is 1. The quantitative estimate of drug-likeness (QED) is 0.828. The first kappa shape index (κ1) is 13.9. The summed E-state index contributed by atoms with van der Waals surface area (Å²) < 4.78 is 0. The number of rotatable bonds is 5. The number of thioether (sulfide) groups is 1. The van der Waals surface area contributed by atoms with Crippen LogP contribution in [0.1, 0.15) is 24.0 Å². The second-order valence-corrected chi connectivity index (χ2v) is 6.20. The molecule has 2 rings (SSSR count). The zero-order valence-electron chi connectivity index (χ0n) is 11.4. The molecule has 100 valence electrons. The van der Waals surface area contributed by atoms with Crippen molar-refractivity contribution in [2.75, 3.05) is 31.6 Å². The van der Waals surface area contributed by atoms with Crippen molar-refractivity contribution in [1.29, 1.82) is 0 Å². The third kappa shape index (κ3) is 3.08. The van der Waals surface area contributed by atoms with Crippen molar-refractivity contribution in [2.24, 2.45) is 0 Å². The number of aliphatic hydroxyl groups is 1. The standard InChI is InChI=1S/C15H23NOS/c1-13-6-3-4-7-14(13)15(17)8-10-16(12-15)9-5-11-18-2/h3-4,6-7,17H,5,8-12H2,1-2H3/t15-/m1/s1. The summed E-state index contributed by atoms with van der Waals surface area (Å²) in [6.07, 6.45) is 4.22. The van der Waals surface area contributed by atoms with E-state index in [1.807, 2.05) is 23.9 Å². The summed E-state index contributed by atoms with van der Waals surface area (Å²) in [4.78, 5) is 2.39. The average Bonchev–Trinajstić information content (AvgIpc) is 2.73. The van der Waals surface area contributed by atoms with Gasteiger partial charge < -0.3 is 5.11 Å². The highest BCUT2D eigenvalue weighted by Gasteiger charge is 2.37. The molecule has 0 aromatic heterocycles. The van der Waals surface area contributed by atoms with Crippen molar-refractivity contribution in [3.05, 3.63) is 35.4 Å². The molecule has 1 aromatic rings. The largest absolute Gasteiger partial charge is 0.384 e. The fourth-order valence-electron chi connectivity index (χ4n) is 2.81. The monoisotopic (exact) mass is 265 g/mol. The number of hydrogen-bond donors (Lipinski definition) is 1. The van der Waals surface area contributed by atoms with Crippen molar-refractivity contribution in [1.82, 2.24) is 4.90 Å². The van der Waals surface area contributed by atoms with Crippen LogP contribution in [0.3, 0.4) is 0 Å². The first-order valence-electron chi connectivity index (χ1n) is 6.65. The SMILES string of the molecule is CSCCCN1CC[C@](O)(c2ccccc2C)C1. The molecule has 1 fully saturated rings. The Morgan fingerprint density at radius 3 is 2.89 bits per heavy atom. The van der Waals surface area contributed by atoms with Crippen LogP contribution in [-0.2, 0) is 5.60 Å². The van der Waals surface area contributed by atoms with Crippen LogP contribution in [0, 0.1) is 6.92 Å². The molecule has 0 unspecified atom stereocenters. The number of hydrogen-bond acceptors (Lipinski definition) is 3. The molecule has 1 aliphatic heterocycles. The maximum atomic E-state index is 10.8. The molecule has 0 aliphatic carbocycles. The van der Waals surface area contributed by atoms with Gasteiger partial charge in [-0.3, -0.25) is 4.90 Å². The van der Waals surface area contributed by atoms with E-state index < -0.39 is 5.60 Å². The van der Waals surface area contributed by atoms with Crippen LogP contribution in [0.25, 0.3) is 0 Å².